The van der Waals surface area contributed by atoms with Crippen molar-refractivity contribution in [2.45, 2.75) is 52.2 Å². The third-order valence-electron chi connectivity index (χ3n) is 6.13. The summed E-state index contributed by atoms with van der Waals surface area (Å²) in [5.41, 5.74) is 1.28. The Morgan fingerprint density at radius 3 is 2.71 bits per heavy atom. The fourth-order valence-electron chi connectivity index (χ4n) is 4.34. The highest BCUT2D eigenvalue weighted by molar-refractivity contribution is 5.79. The Bertz CT molecular complexity index is 861. The van der Waals surface area contributed by atoms with Gasteiger partial charge < -0.3 is 19.4 Å². The lowest BCUT2D eigenvalue weighted by Crippen LogP contribution is -2.36. The van der Waals surface area contributed by atoms with Gasteiger partial charge in [-0.05, 0) is 44.4 Å². The third-order valence-corrected chi connectivity index (χ3v) is 6.13. The molecule has 0 unspecified atom stereocenters. The van der Waals surface area contributed by atoms with E-state index < -0.39 is 0 Å². The Morgan fingerprint density at radius 2 is 1.97 bits per heavy atom. The highest BCUT2D eigenvalue weighted by atomic mass is 16.5. The van der Waals surface area contributed by atoms with E-state index in [0.717, 1.165) is 62.8 Å². The third kappa shape index (κ3) is 5.43. The Hall–Kier alpha value is -2.45. The van der Waals surface area contributed by atoms with E-state index in [-0.39, 0.29) is 17.9 Å². The molecule has 8 heteroatoms. The number of aromatic nitrogens is 3. The van der Waals surface area contributed by atoms with Gasteiger partial charge in [-0.15, -0.1) is 10.2 Å². The molecule has 2 aliphatic rings. The lowest BCUT2D eigenvalue weighted by atomic mass is 9.99. The first-order chi connectivity index (χ1) is 15.1. The molecule has 2 aliphatic heterocycles. The summed E-state index contributed by atoms with van der Waals surface area (Å²) in [6.07, 6.45) is 2.43. The molecule has 1 N–H and O–H groups in total. The van der Waals surface area contributed by atoms with E-state index in [1.54, 1.807) is 0 Å². The van der Waals surface area contributed by atoms with Crippen molar-refractivity contribution in [3.63, 3.8) is 0 Å². The largest absolute Gasteiger partial charge is 0.494 e. The molecule has 0 bridgehead atoms. The van der Waals surface area contributed by atoms with E-state index in [0.29, 0.717) is 19.8 Å². The first-order valence-electron chi connectivity index (χ1n) is 11.4. The van der Waals surface area contributed by atoms with Gasteiger partial charge in [0.05, 0.1) is 12.6 Å². The van der Waals surface area contributed by atoms with Crippen LogP contribution in [0.2, 0.25) is 0 Å². The predicted octanol–water partition coefficient (Wildman–Crippen LogP) is 2.34. The zero-order valence-electron chi connectivity index (χ0n) is 18.5. The number of fused-ring (bicyclic) bond motifs is 1. The maximum Gasteiger partial charge on any atom is 0.223 e. The number of ether oxygens (including phenoxy) is 2. The van der Waals surface area contributed by atoms with Crippen molar-refractivity contribution in [2.75, 3.05) is 32.9 Å². The van der Waals surface area contributed by atoms with Gasteiger partial charge >= 0.3 is 0 Å². The van der Waals surface area contributed by atoms with Crippen LogP contribution in [0.5, 0.6) is 5.75 Å². The van der Waals surface area contributed by atoms with E-state index in [9.17, 15) is 4.79 Å². The highest BCUT2D eigenvalue weighted by Crippen LogP contribution is 2.20. The standard InChI is InChI=1S/C23H33N5O3/c1-3-31-20-6-4-18(5-7-20)16-27-11-8-21-25-26-22(28(21)13-12-27)17(2)24-23(29)19-9-14-30-15-10-19/h4-7,17,19H,3,8-16H2,1-2H3,(H,24,29)/t17-/m1/s1. The Balaban J connectivity index is 1.35. The molecular weight excluding hydrogens is 394 g/mol. The van der Waals surface area contributed by atoms with Gasteiger partial charge in [-0.2, -0.15) is 0 Å². The molecular formula is C23H33N5O3. The van der Waals surface area contributed by atoms with Crippen LogP contribution in [0.3, 0.4) is 0 Å². The van der Waals surface area contributed by atoms with Crippen LogP contribution in [0.1, 0.15) is 49.9 Å². The molecule has 31 heavy (non-hydrogen) atoms. The number of nitrogens with one attached hydrogen (secondary N) is 1. The van der Waals surface area contributed by atoms with Crippen LogP contribution in [0.15, 0.2) is 24.3 Å². The number of benzene rings is 1. The molecule has 0 saturated carbocycles. The average Bonchev–Trinajstić information content (AvgIpc) is 3.10. The van der Waals surface area contributed by atoms with Crippen molar-refractivity contribution in [3.05, 3.63) is 41.5 Å². The molecule has 8 nitrogen and oxygen atoms in total. The van der Waals surface area contributed by atoms with E-state index in [2.05, 4.69) is 37.1 Å². The van der Waals surface area contributed by atoms with Gasteiger partial charge in [0, 0.05) is 51.7 Å². The monoisotopic (exact) mass is 427 g/mol. The second-order valence-electron chi connectivity index (χ2n) is 8.35. The van der Waals surface area contributed by atoms with Gasteiger partial charge in [0.1, 0.15) is 11.6 Å². The van der Waals surface area contributed by atoms with Gasteiger partial charge in [0.15, 0.2) is 5.82 Å². The summed E-state index contributed by atoms with van der Waals surface area (Å²) in [6, 6.07) is 8.18. The van der Waals surface area contributed by atoms with E-state index in [4.69, 9.17) is 9.47 Å². The van der Waals surface area contributed by atoms with Crippen LogP contribution in [0.4, 0.5) is 0 Å². The minimum Gasteiger partial charge on any atom is -0.494 e. The minimum atomic E-state index is -0.158. The first-order valence-corrected chi connectivity index (χ1v) is 11.4. The lowest BCUT2D eigenvalue weighted by molar-refractivity contribution is -0.128. The normalized spacial score (nSPS) is 18.8. The number of rotatable bonds is 7. The van der Waals surface area contributed by atoms with Crippen molar-refractivity contribution < 1.29 is 14.3 Å². The summed E-state index contributed by atoms with van der Waals surface area (Å²) in [5.74, 6) is 2.88. The molecule has 1 atom stereocenters. The molecule has 4 rings (SSSR count). The molecule has 168 valence electrons. The number of carbonyl (C=O) groups is 1. The molecule has 1 aromatic heterocycles. The zero-order chi connectivity index (χ0) is 21.6. The van der Waals surface area contributed by atoms with Gasteiger partial charge in [-0.1, -0.05) is 12.1 Å². The van der Waals surface area contributed by atoms with Crippen molar-refractivity contribution >= 4 is 5.91 Å². The summed E-state index contributed by atoms with van der Waals surface area (Å²) in [4.78, 5) is 15.1. The number of hydrogen-bond acceptors (Lipinski definition) is 6. The van der Waals surface area contributed by atoms with Crippen molar-refractivity contribution in [3.8, 4) is 5.75 Å². The second kappa shape index (κ2) is 10.2. The van der Waals surface area contributed by atoms with Crippen molar-refractivity contribution in [1.82, 2.24) is 25.0 Å². The smallest absolute Gasteiger partial charge is 0.223 e. The van der Waals surface area contributed by atoms with Crippen LogP contribution >= 0.6 is 0 Å². The van der Waals surface area contributed by atoms with Crippen LogP contribution in [-0.2, 0) is 29.0 Å². The molecule has 0 radical (unpaired) electrons. The number of carbonyl (C=O) groups excluding carboxylic acids is 1. The van der Waals surface area contributed by atoms with Crippen LogP contribution < -0.4 is 10.1 Å². The summed E-state index contributed by atoms with van der Waals surface area (Å²) in [5, 5.41) is 12.0. The minimum absolute atomic E-state index is 0.0346. The predicted molar refractivity (Wildman–Crippen MR) is 117 cm³/mol. The summed E-state index contributed by atoms with van der Waals surface area (Å²) < 4.78 is 13.1. The number of amides is 1. The Labute approximate surface area is 183 Å². The fourth-order valence-corrected chi connectivity index (χ4v) is 4.34. The van der Waals surface area contributed by atoms with Crippen molar-refractivity contribution in [1.29, 1.82) is 0 Å². The first kappa shape index (κ1) is 21.8. The van der Waals surface area contributed by atoms with E-state index in [1.807, 2.05) is 26.0 Å². The molecule has 0 aliphatic carbocycles. The fraction of sp³-hybridized carbons (Fsp3) is 0.609. The van der Waals surface area contributed by atoms with Gasteiger partial charge in [0.25, 0.3) is 0 Å². The molecule has 3 heterocycles. The highest BCUT2D eigenvalue weighted by Gasteiger charge is 2.26. The number of nitrogens with zero attached hydrogens (tertiary/aromatic N) is 4. The van der Waals surface area contributed by atoms with Crippen LogP contribution in [0.25, 0.3) is 0 Å². The molecule has 1 aromatic carbocycles. The van der Waals surface area contributed by atoms with Gasteiger partial charge in [0.2, 0.25) is 5.91 Å². The Kier molecular flexibility index (Phi) is 7.19. The summed E-state index contributed by atoms with van der Waals surface area (Å²) >= 11 is 0. The van der Waals surface area contributed by atoms with Gasteiger partial charge in [-0.3, -0.25) is 9.69 Å². The average molecular weight is 428 g/mol. The molecule has 0 spiro atoms. The lowest BCUT2D eigenvalue weighted by Gasteiger charge is -2.23. The molecule has 2 aromatic rings. The maximum absolute atomic E-state index is 12.6. The van der Waals surface area contributed by atoms with Gasteiger partial charge in [-0.25, -0.2) is 0 Å². The molecule has 1 fully saturated rings. The zero-order valence-corrected chi connectivity index (χ0v) is 18.5. The van der Waals surface area contributed by atoms with Crippen LogP contribution in [-0.4, -0.2) is 58.5 Å². The number of hydrogen-bond donors (Lipinski definition) is 1. The van der Waals surface area contributed by atoms with E-state index >= 15 is 0 Å². The SMILES string of the molecule is CCOc1ccc(CN2CCc3nnc([C@@H](C)NC(=O)C4CCOCC4)n3CC2)cc1. The summed E-state index contributed by atoms with van der Waals surface area (Å²) in [6.45, 7) is 9.59. The molecule has 1 amide bonds. The van der Waals surface area contributed by atoms with Crippen molar-refractivity contribution in [2.24, 2.45) is 5.92 Å². The topological polar surface area (TPSA) is 81.5 Å². The van der Waals surface area contributed by atoms with Crippen LogP contribution in [0, 0.1) is 5.92 Å². The Morgan fingerprint density at radius 1 is 1.19 bits per heavy atom. The summed E-state index contributed by atoms with van der Waals surface area (Å²) in [7, 11) is 0. The quantitative estimate of drug-likeness (QED) is 0.731. The van der Waals surface area contributed by atoms with E-state index in [1.165, 1.54) is 5.56 Å². The molecule has 1 saturated heterocycles. The maximum atomic E-state index is 12.6. The second-order valence-corrected chi connectivity index (χ2v) is 8.35.